The van der Waals surface area contributed by atoms with Crippen LogP contribution in [0.4, 0.5) is 0 Å². The van der Waals surface area contributed by atoms with Crippen molar-refractivity contribution >= 4 is 35.3 Å². The van der Waals surface area contributed by atoms with Crippen molar-refractivity contribution in [3.63, 3.8) is 0 Å². The Balaban J connectivity index is 1.52. The van der Waals surface area contributed by atoms with E-state index in [2.05, 4.69) is 5.32 Å². The van der Waals surface area contributed by atoms with Crippen molar-refractivity contribution in [1.29, 1.82) is 0 Å². The van der Waals surface area contributed by atoms with Crippen LogP contribution in [0.2, 0.25) is 5.02 Å². The molecule has 1 heterocycles. The Kier molecular flexibility index (Phi) is 6.57. The second kappa shape index (κ2) is 8.95. The number of ether oxygens (including phenoxy) is 1. The molecular weight excluding hydrogens is 396 g/mol. The van der Waals surface area contributed by atoms with Crippen LogP contribution in [0.1, 0.15) is 51.1 Å². The molecule has 2 fully saturated rings. The van der Waals surface area contributed by atoms with Crippen molar-refractivity contribution in [2.75, 3.05) is 6.61 Å². The Hall–Kier alpha value is -2.41. The van der Waals surface area contributed by atoms with E-state index < -0.39 is 24.5 Å². The molecule has 0 radical (unpaired) electrons. The molecule has 4 atom stereocenters. The number of carbonyl (C=O) groups excluding carboxylic acids is 4. The van der Waals surface area contributed by atoms with Crippen LogP contribution in [0.25, 0.3) is 0 Å². The van der Waals surface area contributed by atoms with Gasteiger partial charge >= 0.3 is 5.97 Å². The summed E-state index contributed by atoms with van der Waals surface area (Å²) in [5.41, 5.74) is 0.821. The van der Waals surface area contributed by atoms with Gasteiger partial charge in [0.1, 0.15) is 6.04 Å². The van der Waals surface area contributed by atoms with Crippen molar-refractivity contribution in [2.24, 2.45) is 11.8 Å². The molecule has 1 aliphatic heterocycles. The molecule has 1 aromatic carbocycles. The van der Waals surface area contributed by atoms with Gasteiger partial charge < -0.3 is 10.1 Å². The van der Waals surface area contributed by atoms with Crippen LogP contribution in [0.3, 0.4) is 0 Å². The highest BCUT2D eigenvalue weighted by atomic mass is 35.5. The molecule has 3 rings (SSSR count). The molecular formula is C21H25ClN2O5. The Bertz CT molecular complexity index is 803. The molecule has 3 amide bonds. The van der Waals surface area contributed by atoms with Gasteiger partial charge in [-0.05, 0) is 44.4 Å². The third kappa shape index (κ3) is 4.61. The topological polar surface area (TPSA) is 92.8 Å². The average Bonchev–Trinajstić information content (AvgIpc) is 2.96. The first-order chi connectivity index (χ1) is 13.8. The van der Waals surface area contributed by atoms with E-state index in [9.17, 15) is 19.2 Å². The quantitative estimate of drug-likeness (QED) is 0.564. The Morgan fingerprint density at radius 2 is 1.79 bits per heavy atom. The van der Waals surface area contributed by atoms with Crippen LogP contribution in [0, 0.1) is 11.8 Å². The third-order valence-corrected chi connectivity index (χ3v) is 5.91. The number of imide groups is 1. The first-order valence-corrected chi connectivity index (χ1v) is 10.3. The zero-order chi connectivity index (χ0) is 21.1. The van der Waals surface area contributed by atoms with E-state index in [0.717, 1.165) is 23.3 Å². The van der Waals surface area contributed by atoms with Crippen LogP contribution in [-0.4, -0.2) is 41.2 Å². The number of amides is 3. The normalized spacial score (nSPS) is 23.3. The molecule has 0 unspecified atom stereocenters. The number of esters is 1. The highest BCUT2D eigenvalue weighted by molar-refractivity contribution is 6.30. The lowest BCUT2D eigenvalue weighted by molar-refractivity contribution is -0.159. The molecule has 0 spiro atoms. The lowest BCUT2D eigenvalue weighted by Gasteiger charge is -2.21. The van der Waals surface area contributed by atoms with Crippen LogP contribution in [0.15, 0.2) is 24.3 Å². The molecule has 1 aromatic rings. The molecule has 0 aromatic heterocycles. The molecule has 1 saturated carbocycles. The number of carbonyl (C=O) groups is 4. The van der Waals surface area contributed by atoms with Crippen LogP contribution in [0.5, 0.6) is 0 Å². The van der Waals surface area contributed by atoms with Gasteiger partial charge in [-0.2, -0.15) is 0 Å². The van der Waals surface area contributed by atoms with Gasteiger partial charge in [-0.25, -0.2) is 4.79 Å². The Labute approximate surface area is 174 Å². The number of rotatable bonds is 6. The zero-order valence-corrected chi connectivity index (χ0v) is 17.3. The predicted octanol–water partition coefficient (Wildman–Crippen LogP) is 2.62. The van der Waals surface area contributed by atoms with E-state index in [1.165, 1.54) is 6.92 Å². The molecule has 2 aliphatic rings. The molecule has 29 heavy (non-hydrogen) atoms. The van der Waals surface area contributed by atoms with Gasteiger partial charge in [0.15, 0.2) is 6.61 Å². The summed E-state index contributed by atoms with van der Waals surface area (Å²) in [6.45, 7) is 2.76. The summed E-state index contributed by atoms with van der Waals surface area (Å²) in [6.07, 6.45) is 3.18. The van der Waals surface area contributed by atoms with E-state index in [4.69, 9.17) is 16.3 Å². The van der Waals surface area contributed by atoms with E-state index >= 15 is 0 Å². The summed E-state index contributed by atoms with van der Waals surface area (Å²) in [4.78, 5) is 50.7. The fraction of sp³-hybridized carbons (Fsp3) is 0.524. The van der Waals surface area contributed by atoms with Crippen molar-refractivity contribution in [3.05, 3.63) is 34.9 Å². The number of hydrogen-bond acceptors (Lipinski definition) is 5. The highest BCUT2D eigenvalue weighted by Gasteiger charge is 2.51. The lowest BCUT2D eigenvalue weighted by atomic mass is 9.81. The van der Waals surface area contributed by atoms with Gasteiger partial charge in [0.25, 0.3) is 5.91 Å². The number of fused-ring (bicyclic) bond motifs is 1. The average molecular weight is 421 g/mol. The largest absolute Gasteiger partial charge is 0.454 e. The van der Waals surface area contributed by atoms with Gasteiger partial charge in [-0.3, -0.25) is 19.3 Å². The maximum Gasteiger partial charge on any atom is 0.329 e. The number of nitrogens with one attached hydrogen (secondary N) is 1. The number of benzene rings is 1. The summed E-state index contributed by atoms with van der Waals surface area (Å²) >= 11 is 5.95. The van der Waals surface area contributed by atoms with Gasteiger partial charge in [0.05, 0.1) is 17.9 Å². The summed E-state index contributed by atoms with van der Waals surface area (Å²) in [7, 11) is 0. The molecule has 7 nitrogen and oxygen atoms in total. The fourth-order valence-corrected chi connectivity index (χ4v) is 4.27. The Morgan fingerprint density at radius 3 is 2.38 bits per heavy atom. The summed E-state index contributed by atoms with van der Waals surface area (Å²) in [5, 5.41) is 3.28. The minimum Gasteiger partial charge on any atom is -0.454 e. The first-order valence-electron chi connectivity index (χ1n) is 9.88. The van der Waals surface area contributed by atoms with Gasteiger partial charge in [-0.1, -0.05) is 36.6 Å². The van der Waals surface area contributed by atoms with Gasteiger partial charge in [-0.15, -0.1) is 0 Å². The minimum absolute atomic E-state index is 0.303. The second-order valence-electron chi connectivity index (χ2n) is 7.67. The first kappa shape index (κ1) is 21.3. The van der Waals surface area contributed by atoms with Crippen LogP contribution < -0.4 is 5.32 Å². The van der Waals surface area contributed by atoms with Crippen molar-refractivity contribution in [3.8, 4) is 0 Å². The molecule has 0 bridgehead atoms. The lowest BCUT2D eigenvalue weighted by Crippen LogP contribution is -2.45. The summed E-state index contributed by atoms with van der Waals surface area (Å²) in [6, 6.07) is 5.73. The van der Waals surface area contributed by atoms with E-state index in [-0.39, 0.29) is 29.7 Å². The maximum atomic E-state index is 12.6. The summed E-state index contributed by atoms with van der Waals surface area (Å²) in [5.74, 6) is -2.50. The van der Waals surface area contributed by atoms with Crippen molar-refractivity contribution in [2.45, 2.75) is 51.6 Å². The monoisotopic (exact) mass is 420 g/mol. The molecule has 156 valence electrons. The fourth-order valence-electron chi connectivity index (χ4n) is 4.07. The highest BCUT2D eigenvalue weighted by Crippen LogP contribution is 2.38. The number of likely N-dealkylation sites (tertiary alicyclic amines) is 1. The van der Waals surface area contributed by atoms with Crippen molar-refractivity contribution < 1.29 is 23.9 Å². The smallest absolute Gasteiger partial charge is 0.329 e. The van der Waals surface area contributed by atoms with Gasteiger partial charge in [0.2, 0.25) is 11.8 Å². The zero-order valence-electron chi connectivity index (χ0n) is 16.5. The predicted molar refractivity (Wildman–Crippen MR) is 106 cm³/mol. The Morgan fingerprint density at radius 1 is 1.17 bits per heavy atom. The SMILES string of the molecule is C[C@@H](NC(=O)COC(=O)[C@H](C)N1C(=O)[C@H]2CCCC[C@H]2C1=O)c1cccc(Cl)c1. The molecule has 8 heteroatoms. The number of hydrogen-bond donors (Lipinski definition) is 1. The van der Waals surface area contributed by atoms with E-state index in [1.54, 1.807) is 25.1 Å². The third-order valence-electron chi connectivity index (χ3n) is 5.68. The minimum atomic E-state index is -1.04. The van der Waals surface area contributed by atoms with E-state index in [1.807, 2.05) is 6.07 Å². The van der Waals surface area contributed by atoms with Crippen LogP contribution >= 0.6 is 11.6 Å². The number of nitrogens with zero attached hydrogens (tertiary/aromatic N) is 1. The standard InChI is InChI=1S/C21H25ClN2O5/c1-12(14-6-5-7-15(22)10-14)23-18(25)11-29-21(28)13(2)24-19(26)16-8-3-4-9-17(16)20(24)27/h5-7,10,12-13,16-17H,3-4,8-9,11H2,1-2H3,(H,23,25)/t12-,13+,16-,17+/m1/s1. The van der Waals surface area contributed by atoms with E-state index in [0.29, 0.717) is 17.9 Å². The van der Waals surface area contributed by atoms with Crippen molar-refractivity contribution in [1.82, 2.24) is 10.2 Å². The summed E-state index contributed by atoms with van der Waals surface area (Å²) < 4.78 is 5.07. The van der Waals surface area contributed by atoms with Gasteiger partial charge in [0, 0.05) is 5.02 Å². The van der Waals surface area contributed by atoms with Crippen LogP contribution in [-0.2, 0) is 23.9 Å². The molecule has 1 aliphatic carbocycles. The molecule has 1 N–H and O–H groups in total. The molecule has 1 saturated heterocycles. The maximum absolute atomic E-state index is 12.6. The second-order valence-corrected chi connectivity index (χ2v) is 8.11. The number of halogens is 1.